The molecule has 8 heteroatoms. The Balaban J connectivity index is 2.31. The van der Waals surface area contributed by atoms with Crippen LogP contribution in [0.4, 0.5) is 4.39 Å². The van der Waals surface area contributed by atoms with Gasteiger partial charge < -0.3 is 0 Å². The summed E-state index contributed by atoms with van der Waals surface area (Å²) >= 11 is 0. The van der Waals surface area contributed by atoms with Crippen LogP contribution < -0.4 is 4.39 Å². The molecule has 2 rings (SSSR count). The van der Waals surface area contributed by atoms with Gasteiger partial charge in [0.1, 0.15) is 8.24 Å². The van der Waals surface area contributed by atoms with Crippen molar-refractivity contribution in [2.75, 3.05) is 0 Å². The normalized spacial score (nSPS) is 17.5. The van der Waals surface area contributed by atoms with Crippen LogP contribution in [0.5, 0.6) is 0 Å². The van der Waals surface area contributed by atoms with Crippen molar-refractivity contribution >= 4 is 18.3 Å². The van der Waals surface area contributed by atoms with Gasteiger partial charge in [-0.2, -0.15) is 5.10 Å². The first kappa shape index (κ1) is 15.7. The predicted molar refractivity (Wildman–Crippen MR) is 78.0 cm³/mol. The van der Waals surface area contributed by atoms with Gasteiger partial charge in [-0.05, 0) is 17.9 Å². The lowest BCUT2D eigenvalue weighted by Gasteiger charge is -2.36. The molecule has 0 aliphatic heterocycles. The second-order valence-electron chi connectivity index (χ2n) is 6.97. The van der Waals surface area contributed by atoms with E-state index in [1.807, 2.05) is 33.9 Å². The van der Waals surface area contributed by atoms with Crippen LogP contribution in [0.15, 0.2) is 11.2 Å². The van der Waals surface area contributed by atoms with Gasteiger partial charge in [-0.15, -0.1) is 0 Å². The molecule has 5 nitrogen and oxygen atoms in total. The number of halogens is 1. The number of nitrogens with one attached hydrogen (secondary N) is 1. The summed E-state index contributed by atoms with van der Waals surface area (Å²) in [4.78, 5) is 0. The Morgan fingerprint density at radius 2 is 1.95 bits per heavy atom. The molecule has 114 valence electrons. The first-order chi connectivity index (χ1) is 8.94. The Morgan fingerprint density at radius 1 is 1.40 bits per heavy atom. The lowest BCUT2D eigenvalue weighted by molar-refractivity contribution is 0.555. The Labute approximate surface area is 120 Å². The number of rotatable bonds is 4. The van der Waals surface area contributed by atoms with Gasteiger partial charge in [0.05, 0.1) is 12.2 Å². The lowest BCUT2D eigenvalue weighted by atomic mass is 10.2. The quantitative estimate of drug-likeness (QED) is 0.868. The van der Waals surface area contributed by atoms with Crippen molar-refractivity contribution in [3.63, 3.8) is 0 Å². The lowest BCUT2D eigenvalue weighted by Crippen LogP contribution is -2.54. The molecule has 1 aromatic heterocycles. The fourth-order valence-corrected chi connectivity index (χ4v) is 6.41. The number of hydrogen-bond donors (Lipinski definition) is 1. The topological polar surface area (TPSA) is 64.0 Å². The summed E-state index contributed by atoms with van der Waals surface area (Å²) < 4.78 is 42.8. The second-order valence-corrected chi connectivity index (χ2v) is 13.9. The zero-order valence-corrected chi connectivity index (χ0v) is 14.4. The van der Waals surface area contributed by atoms with Gasteiger partial charge in [0.25, 0.3) is 10.0 Å². The molecule has 1 aliphatic rings. The minimum Gasteiger partial charge on any atom is -0.265 e. The van der Waals surface area contributed by atoms with Crippen molar-refractivity contribution in [2.24, 2.45) is 0 Å². The fourth-order valence-electron chi connectivity index (χ4n) is 1.60. The molecule has 0 radical (unpaired) electrons. The molecule has 0 aromatic carbocycles. The van der Waals surface area contributed by atoms with E-state index in [-0.39, 0.29) is 11.1 Å². The highest BCUT2D eigenvalue weighted by Crippen LogP contribution is 2.36. The summed E-state index contributed by atoms with van der Waals surface area (Å²) in [6, 6.07) is 0.154. The third kappa shape index (κ3) is 2.96. The summed E-state index contributed by atoms with van der Waals surface area (Å²) in [7, 11) is -6.21. The SMILES string of the molecule is CC(C)(C)[Si](C)(C)NS(=O)(=O)c1nn(C2CC2)cc1F. The zero-order chi connectivity index (χ0) is 15.3. The van der Waals surface area contributed by atoms with E-state index in [1.165, 1.54) is 10.9 Å². The van der Waals surface area contributed by atoms with Crippen LogP contribution >= 0.6 is 0 Å². The molecule has 1 N–H and O–H groups in total. The maximum Gasteiger partial charge on any atom is 0.256 e. The third-order valence-electron chi connectivity index (χ3n) is 4.10. The Morgan fingerprint density at radius 3 is 2.40 bits per heavy atom. The minimum absolute atomic E-state index is 0.154. The summed E-state index contributed by atoms with van der Waals surface area (Å²) in [6.07, 6.45) is 3.03. The third-order valence-corrected chi connectivity index (χ3v) is 11.7. The van der Waals surface area contributed by atoms with Gasteiger partial charge in [0.2, 0.25) is 5.03 Å². The fraction of sp³-hybridized carbons (Fsp3) is 0.750. The number of sulfonamides is 1. The summed E-state index contributed by atoms with van der Waals surface area (Å²) in [6.45, 7) is 9.80. The summed E-state index contributed by atoms with van der Waals surface area (Å²) in [5, 5.41) is 3.27. The first-order valence-electron chi connectivity index (χ1n) is 6.73. The number of nitrogens with zero attached hydrogens (tertiary/aromatic N) is 2. The molecule has 0 amide bonds. The van der Waals surface area contributed by atoms with Crippen molar-refractivity contribution in [1.82, 2.24) is 14.2 Å². The molecule has 20 heavy (non-hydrogen) atoms. The van der Waals surface area contributed by atoms with Crippen LogP contribution in [0, 0.1) is 5.82 Å². The van der Waals surface area contributed by atoms with Crippen LogP contribution in [-0.4, -0.2) is 26.4 Å². The van der Waals surface area contributed by atoms with Crippen molar-refractivity contribution in [1.29, 1.82) is 0 Å². The van der Waals surface area contributed by atoms with Crippen LogP contribution in [0.25, 0.3) is 0 Å². The number of aromatic nitrogens is 2. The highest BCUT2D eigenvalue weighted by atomic mass is 32.2. The van der Waals surface area contributed by atoms with Gasteiger partial charge in [-0.3, -0.25) is 4.68 Å². The highest BCUT2D eigenvalue weighted by Gasteiger charge is 2.41. The maximum absolute atomic E-state index is 13.9. The van der Waals surface area contributed by atoms with Crippen LogP contribution in [0.2, 0.25) is 18.1 Å². The van der Waals surface area contributed by atoms with E-state index in [2.05, 4.69) is 9.49 Å². The largest absolute Gasteiger partial charge is 0.265 e. The van der Waals surface area contributed by atoms with Crippen molar-refractivity contribution < 1.29 is 12.8 Å². The van der Waals surface area contributed by atoms with Gasteiger partial charge in [-0.25, -0.2) is 17.2 Å². The van der Waals surface area contributed by atoms with Crippen LogP contribution in [-0.2, 0) is 10.0 Å². The van der Waals surface area contributed by atoms with Crippen molar-refractivity contribution in [2.45, 2.75) is 62.8 Å². The molecular weight excluding hydrogens is 297 g/mol. The van der Waals surface area contributed by atoms with Crippen molar-refractivity contribution in [3.8, 4) is 0 Å². The van der Waals surface area contributed by atoms with Crippen molar-refractivity contribution in [3.05, 3.63) is 12.0 Å². The molecule has 1 fully saturated rings. The van der Waals surface area contributed by atoms with E-state index in [9.17, 15) is 12.8 Å². The molecule has 0 unspecified atom stereocenters. The van der Waals surface area contributed by atoms with Crippen LogP contribution in [0.3, 0.4) is 0 Å². The van der Waals surface area contributed by atoms with Gasteiger partial charge in [0.15, 0.2) is 5.82 Å². The molecule has 0 atom stereocenters. The average Bonchev–Trinajstić information content (AvgIpc) is 2.98. The van der Waals surface area contributed by atoms with E-state index in [1.54, 1.807) is 0 Å². The molecule has 1 aromatic rings. The van der Waals surface area contributed by atoms with Gasteiger partial charge in [-0.1, -0.05) is 33.9 Å². The molecule has 0 spiro atoms. The highest BCUT2D eigenvalue weighted by molar-refractivity contribution is 7.90. The zero-order valence-electron chi connectivity index (χ0n) is 12.6. The summed E-state index contributed by atoms with van der Waals surface area (Å²) in [5.41, 5.74) is 0. The Kier molecular flexibility index (Phi) is 3.63. The minimum atomic E-state index is -3.91. The van der Waals surface area contributed by atoms with E-state index < -0.39 is 29.1 Å². The van der Waals surface area contributed by atoms with Gasteiger partial charge in [0, 0.05) is 0 Å². The van der Waals surface area contributed by atoms with E-state index in [0.29, 0.717) is 0 Å². The standard InChI is InChI=1S/C12H22FN3O2SSi/c1-12(2,3)20(4,5)15-19(17,18)11-10(13)8-16(14-11)9-6-7-9/h8-9,15H,6-7H2,1-5H3. The van der Waals surface area contributed by atoms with E-state index in [4.69, 9.17) is 0 Å². The van der Waals surface area contributed by atoms with Crippen LogP contribution in [0.1, 0.15) is 39.7 Å². The Bertz CT molecular complexity index is 615. The molecule has 1 saturated carbocycles. The average molecular weight is 319 g/mol. The maximum atomic E-state index is 13.9. The number of hydrogen-bond acceptors (Lipinski definition) is 3. The molecule has 1 heterocycles. The molecular formula is C12H22FN3O2SSi. The van der Waals surface area contributed by atoms with E-state index in [0.717, 1.165) is 12.8 Å². The van der Waals surface area contributed by atoms with Gasteiger partial charge >= 0.3 is 0 Å². The monoisotopic (exact) mass is 319 g/mol. The molecule has 0 bridgehead atoms. The first-order valence-corrected chi connectivity index (χ1v) is 11.2. The summed E-state index contributed by atoms with van der Waals surface area (Å²) in [5.74, 6) is -0.775. The molecule has 1 aliphatic carbocycles. The second kappa shape index (κ2) is 4.64. The predicted octanol–water partition coefficient (Wildman–Crippen LogP) is 2.64. The smallest absolute Gasteiger partial charge is 0.256 e. The molecule has 0 saturated heterocycles. The van der Waals surface area contributed by atoms with E-state index >= 15 is 0 Å². The Hall–Kier alpha value is -0.733.